The second-order valence-corrected chi connectivity index (χ2v) is 5.59. The van der Waals surface area contributed by atoms with Gasteiger partial charge in [0.25, 0.3) is 0 Å². The molecule has 0 radical (unpaired) electrons. The minimum absolute atomic E-state index is 0.108. The highest BCUT2D eigenvalue weighted by Crippen LogP contribution is 2.11. The molecule has 0 bridgehead atoms. The van der Waals surface area contributed by atoms with Gasteiger partial charge in [0, 0.05) is 17.3 Å². The van der Waals surface area contributed by atoms with Gasteiger partial charge in [-0.25, -0.2) is 9.48 Å². The number of carbonyl (C=O) groups excluding carboxylic acids is 1. The van der Waals surface area contributed by atoms with E-state index >= 15 is 0 Å². The molecule has 6 nitrogen and oxygen atoms in total. The van der Waals surface area contributed by atoms with E-state index in [1.54, 1.807) is 31.2 Å². The maximum absolute atomic E-state index is 12.4. The van der Waals surface area contributed by atoms with E-state index in [1.807, 2.05) is 36.4 Å². The molecule has 1 aromatic heterocycles. The van der Waals surface area contributed by atoms with Crippen LogP contribution in [0.15, 0.2) is 65.5 Å². The molecule has 3 rings (SSSR count). The number of carbonyl (C=O) groups is 1. The summed E-state index contributed by atoms with van der Waals surface area (Å²) in [6, 6.07) is 19.4. The predicted molar refractivity (Wildman–Crippen MR) is 94.8 cm³/mol. The summed E-state index contributed by atoms with van der Waals surface area (Å²) in [5.74, 6) is -0.826. The van der Waals surface area contributed by atoms with Gasteiger partial charge in [-0.2, -0.15) is 10.4 Å². The van der Waals surface area contributed by atoms with E-state index in [4.69, 9.17) is 10.00 Å². The SMILES string of the molecule is Cc1cc(=O)c(C(=O)OCc2ccccc2C#N)nn1-c1ccccc1. The third-order valence-corrected chi connectivity index (χ3v) is 3.80. The van der Waals surface area contributed by atoms with E-state index < -0.39 is 11.4 Å². The first-order valence-corrected chi connectivity index (χ1v) is 7.91. The number of rotatable bonds is 4. The largest absolute Gasteiger partial charge is 0.456 e. The summed E-state index contributed by atoms with van der Waals surface area (Å²) in [6.07, 6.45) is 0. The van der Waals surface area contributed by atoms with E-state index in [-0.39, 0.29) is 12.3 Å². The molecule has 0 amide bonds. The minimum atomic E-state index is -0.826. The van der Waals surface area contributed by atoms with E-state index in [9.17, 15) is 9.59 Å². The lowest BCUT2D eigenvalue weighted by Gasteiger charge is -2.11. The van der Waals surface area contributed by atoms with Crippen LogP contribution in [-0.2, 0) is 11.3 Å². The Bertz CT molecular complexity index is 1050. The number of aryl methyl sites for hydroxylation is 1. The highest BCUT2D eigenvalue weighted by Gasteiger charge is 2.17. The molecule has 3 aromatic rings. The van der Waals surface area contributed by atoms with Gasteiger partial charge in [-0.3, -0.25) is 4.79 Å². The smallest absolute Gasteiger partial charge is 0.363 e. The summed E-state index contributed by atoms with van der Waals surface area (Å²) in [5, 5.41) is 13.2. The molecule has 0 aliphatic carbocycles. The van der Waals surface area contributed by atoms with E-state index in [0.29, 0.717) is 16.8 Å². The van der Waals surface area contributed by atoms with Gasteiger partial charge in [0.1, 0.15) is 6.61 Å². The number of nitriles is 1. The molecule has 0 N–H and O–H groups in total. The Labute approximate surface area is 149 Å². The van der Waals surface area contributed by atoms with Crippen LogP contribution >= 0.6 is 0 Å². The van der Waals surface area contributed by atoms with Gasteiger partial charge >= 0.3 is 5.97 Å². The van der Waals surface area contributed by atoms with Crippen LogP contribution in [0, 0.1) is 18.3 Å². The van der Waals surface area contributed by atoms with Crippen LogP contribution in [0.1, 0.15) is 27.3 Å². The van der Waals surface area contributed by atoms with Gasteiger partial charge in [0.15, 0.2) is 0 Å². The lowest BCUT2D eigenvalue weighted by molar-refractivity contribution is 0.0461. The number of esters is 1. The first-order valence-electron chi connectivity index (χ1n) is 7.91. The number of aromatic nitrogens is 2. The fourth-order valence-corrected chi connectivity index (χ4v) is 2.49. The van der Waals surface area contributed by atoms with Crippen molar-refractivity contribution >= 4 is 5.97 Å². The fourth-order valence-electron chi connectivity index (χ4n) is 2.49. The molecular formula is C20H15N3O3. The van der Waals surface area contributed by atoms with E-state index in [2.05, 4.69) is 5.10 Å². The monoisotopic (exact) mass is 345 g/mol. The molecular weight excluding hydrogens is 330 g/mol. The average molecular weight is 345 g/mol. The van der Waals surface area contributed by atoms with Gasteiger partial charge in [-0.1, -0.05) is 36.4 Å². The predicted octanol–water partition coefficient (Wildman–Crippen LogP) is 2.77. The van der Waals surface area contributed by atoms with Crippen LogP contribution in [0.4, 0.5) is 0 Å². The van der Waals surface area contributed by atoms with Gasteiger partial charge in [-0.15, -0.1) is 0 Å². The molecule has 1 heterocycles. The molecule has 0 aliphatic rings. The Kier molecular flexibility index (Phi) is 4.90. The van der Waals surface area contributed by atoms with Gasteiger partial charge in [0.2, 0.25) is 11.1 Å². The Morgan fingerprint density at radius 1 is 1.15 bits per heavy atom. The quantitative estimate of drug-likeness (QED) is 0.679. The van der Waals surface area contributed by atoms with Crippen molar-refractivity contribution in [1.29, 1.82) is 5.26 Å². The first-order chi connectivity index (χ1) is 12.6. The summed E-state index contributed by atoms with van der Waals surface area (Å²) >= 11 is 0. The van der Waals surface area contributed by atoms with Crippen molar-refractivity contribution in [2.24, 2.45) is 0 Å². The van der Waals surface area contributed by atoms with Crippen LogP contribution in [0.5, 0.6) is 0 Å². The van der Waals surface area contributed by atoms with Crippen molar-refractivity contribution in [3.8, 4) is 11.8 Å². The number of benzene rings is 2. The van der Waals surface area contributed by atoms with E-state index in [1.165, 1.54) is 10.7 Å². The van der Waals surface area contributed by atoms with Gasteiger partial charge < -0.3 is 4.74 Å². The third-order valence-electron chi connectivity index (χ3n) is 3.80. The van der Waals surface area contributed by atoms with Gasteiger partial charge in [0.05, 0.1) is 17.3 Å². The van der Waals surface area contributed by atoms with Crippen LogP contribution < -0.4 is 5.43 Å². The molecule has 128 valence electrons. The number of hydrogen-bond acceptors (Lipinski definition) is 5. The maximum Gasteiger partial charge on any atom is 0.363 e. The zero-order valence-corrected chi connectivity index (χ0v) is 14.0. The molecule has 0 fully saturated rings. The van der Waals surface area contributed by atoms with Crippen molar-refractivity contribution in [3.63, 3.8) is 0 Å². The highest BCUT2D eigenvalue weighted by atomic mass is 16.5. The number of nitrogens with zero attached hydrogens (tertiary/aromatic N) is 3. The number of ether oxygens (including phenoxy) is 1. The van der Waals surface area contributed by atoms with Gasteiger partial charge in [-0.05, 0) is 25.1 Å². The molecule has 0 saturated heterocycles. The Morgan fingerprint density at radius 2 is 1.85 bits per heavy atom. The van der Waals surface area contributed by atoms with Crippen molar-refractivity contribution < 1.29 is 9.53 Å². The second-order valence-electron chi connectivity index (χ2n) is 5.59. The van der Waals surface area contributed by atoms with E-state index in [0.717, 1.165) is 5.69 Å². The number of hydrogen-bond donors (Lipinski definition) is 0. The van der Waals surface area contributed by atoms with Crippen LogP contribution in [0.2, 0.25) is 0 Å². The summed E-state index contributed by atoms with van der Waals surface area (Å²) in [7, 11) is 0. The molecule has 6 heteroatoms. The second kappa shape index (κ2) is 7.45. The molecule has 0 aliphatic heterocycles. The standard InChI is InChI=1S/C20H15N3O3/c1-14-11-18(24)19(22-23(14)17-9-3-2-4-10-17)20(25)26-13-16-8-6-5-7-15(16)12-21/h2-11H,13H2,1H3. The third kappa shape index (κ3) is 3.52. The molecule has 26 heavy (non-hydrogen) atoms. The molecule has 0 saturated carbocycles. The number of para-hydroxylation sites is 1. The normalized spacial score (nSPS) is 10.2. The molecule has 0 atom stereocenters. The summed E-state index contributed by atoms with van der Waals surface area (Å²) < 4.78 is 6.72. The van der Waals surface area contributed by atoms with Crippen molar-refractivity contribution in [1.82, 2.24) is 9.78 Å². The fraction of sp³-hybridized carbons (Fsp3) is 0.100. The maximum atomic E-state index is 12.4. The minimum Gasteiger partial charge on any atom is -0.456 e. The van der Waals surface area contributed by atoms with Crippen molar-refractivity contribution in [2.75, 3.05) is 0 Å². The highest BCUT2D eigenvalue weighted by molar-refractivity contribution is 5.87. The lowest BCUT2D eigenvalue weighted by Crippen LogP contribution is -2.24. The Morgan fingerprint density at radius 3 is 2.58 bits per heavy atom. The first kappa shape index (κ1) is 17.1. The van der Waals surface area contributed by atoms with Crippen molar-refractivity contribution in [3.05, 3.63) is 93.4 Å². The summed E-state index contributed by atoms with van der Waals surface area (Å²) in [6.45, 7) is 1.63. The topological polar surface area (TPSA) is 85.0 Å². The summed E-state index contributed by atoms with van der Waals surface area (Å²) in [4.78, 5) is 24.5. The molecule has 0 unspecified atom stereocenters. The zero-order valence-electron chi connectivity index (χ0n) is 14.0. The lowest BCUT2D eigenvalue weighted by atomic mass is 10.1. The van der Waals surface area contributed by atoms with Crippen LogP contribution in [0.3, 0.4) is 0 Å². The molecule has 2 aromatic carbocycles. The van der Waals surface area contributed by atoms with Crippen molar-refractivity contribution in [2.45, 2.75) is 13.5 Å². The average Bonchev–Trinajstić information content (AvgIpc) is 2.67. The zero-order chi connectivity index (χ0) is 18.5. The van der Waals surface area contributed by atoms with Crippen LogP contribution in [-0.4, -0.2) is 15.7 Å². The Hall–Kier alpha value is -3.72. The molecule has 0 spiro atoms. The van der Waals surface area contributed by atoms with Crippen LogP contribution in [0.25, 0.3) is 5.69 Å². The Balaban J connectivity index is 1.88. The summed E-state index contributed by atoms with van der Waals surface area (Å²) in [5.41, 5.74) is 1.52.